The summed E-state index contributed by atoms with van der Waals surface area (Å²) in [5.41, 5.74) is 0. The van der Waals surface area contributed by atoms with Crippen molar-refractivity contribution >= 4 is 17.8 Å². The molecule has 7 nitrogen and oxygen atoms in total. The van der Waals surface area contributed by atoms with Gasteiger partial charge in [0.15, 0.2) is 0 Å². The highest BCUT2D eigenvalue weighted by atomic mass is 16.5. The Morgan fingerprint density at radius 1 is 1.11 bits per heavy atom. The summed E-state index contributed by atoms with van der Waals surface area (Å²) in [7, 11) is 0. The molecule has 7 heteroatoms. The molecule has 0 atom stereocenters. The SMILES string of the molecule is CCCOCC(=O)N1CCN(C(=O)C(=O)O)CC1. The van der Waals surface area contributed by atoms with Crippen molar-refractivity contribution in [2.45, 2.75) is 13.3 Å². The van der Waals surface area contributed by atoms with Gasteiger partial charge in [0.25, 0.3) is 0 Å². The lowest BCUT2D eigenvalue weighted by atomic mass is 10.3. The molecule has 0 aromatic heterocycles. The summed E-state index contributed by atoms with van der Waals surface area (Å²) < 4.78 is 5.14. The highest BCUT2D eigenvalue weighted by molar-refractivity contribution is 6.31. The van der Waals surface area contributed by atoms with Crippen LogP contribution >= 0.6 is 0 Å². The number of piperazine rings is 1. The van der Waals surface area contributed by atoms with Crippen LogP contribution in [0.3, 0.4) is 0 Å². The van der Waals surface area contributed by atoms with Gasteiger partial charge in [-0.15, -0.1) is 0 Å². The van der Waals surface area contributed by atoms with Gasteiger partial charge < -0.3 is 19.6 Å². The highest BCUT2D eigenvalue weighted by Crippen LogP contribution is 2.03. The maximum Gasteiger partial charge on any atom is 0.394 e. The summed E-state index contributed by atoms with van der Waals surface area (Å²) in [5.74, 6) is -2.49. The first kappa shape index (κ1) is 14.4. The molecule has 1 heterocycles. The van der Waals surface area contributed by atoms with Gasteiger partial charge in [-0.1, -0.05) is 6.92 Å². The van der Waals surface area contributed by atoms with Gasteiger partial charge in [0.1, 0.15) is 6.61 Å². The van der Waals surface area contributed by atoms with Crippen LogP contribution in [-0.4, -0.2) is 72.1 Å². The molecular formula is C11H18N2O5. The van der Waals surface area contributed by atoms with Crippen LogP contribution in [-0.2, 0) is 19.1 Å². The summed E-state index contributed by atoms with van der Waals surface area (Å²) in [4.78, 5) is 36.2. The van der Waals surface area contributed by atoms with Crippen LogP contribution in [0.5, 0.6) is 0 Å². The van der Waals surface area contributed by atoms with E-state index in [-0.39, 0.29) is 25.6 Å². The second kappa shape index (κ2) is 6.95. The lowest BCUT2D eigenvalue weighted by Gasteiger charge is -2.33. The van der Waals surface area contributed by atoms with Gasteiger partial charge >= 0.3 is 11.9 Å². The Morgan fingerprint density at radius 2 is 1.67 bits per heavy atom. The van der Waals surface area contributed by atoms with E-state index in [2.05, 4.69) is 0 Å². The second-order valence-electron chi connectivity index (χ2n) is 4.03. The standard InChI is InChI=1S/C11H18N2O5/c1-2-7-18-8-9(14)12-3-5-13(6-4-12)10(15)11(16)17/h2-8H2,1H3,(H,16,17). The van der Waals surface area contributed by atoms with Gasteiger partial charge in [-0.25, -0.2) is 4.79 Å². The minimum Gasteiger partial charge on any atom is -0.474 e. The van der Waals surface area contributed by atoms with Crippen molar-refractivity contribution < 1.29 is 24.2 Å². The van der Waals surface area contributed by atoms with Crippen molar-refractivity contribution in [1.82, 2.24) is 9.80 Å². The molecule has 0 unspecified atom stereocenters. The zero-order chi connectivity index (χ0) is 13.5. The van der Waals surface area contributed by atoms with Crippen LogP contribution < -0.4 is 0 Å². The number of carbonyl (C=O) groups is 3. The number of rotatable bonds is 4. The first-order valence-corrected chi connectivity index (χ1v) is 5.94. The molecule has 0 aromatic rings. The first-order chi connectivity index (χ1) is 8.56. The zero-order valence-corrected chi connectivity index (χ0v) is 10.4. The Labute approximate surface area is 105 Å². The van der Waals surface area contributed by atoms with E-state index in [9.17, 15) is 14.4 Å². The Balaban J connectivity index is 2.32. The van der Waals surface area contributed by atoms with Crippen LogP contribution in [0.4, 0.5) is 0 Å². The predicted molar refractivity (Wildman–Crippen MR) is 61.9 cm³/mol. The molecule has 0 bridgehead atoms. The number of nitrogens with zero attached hydrogens (tertiary/aromatic N) is 2. The van der Waals surface area contributed by atoms with Gasteiger partial charge in [0.05, 0.1) is 0 Å². The van der Waals surface area contributed by atoms with E-state index in [0.29, 0.717) is 19.7 Å². The van der Waals surface area contributed by atoms with Crippen LogP contribution in [0.25, 0.3) is 0 Å². The summed E-state index contributed by atoms with van der Waals surface area (Å²) in [6, 6.07) is 0. The third-order valence-corrected chi connectivity index (χ3v) is 2.68. The molecule has 2 amide bonds. The van der Waals surface area contributed by atoms with Gasteiger partial charge in [-0.2, -0.15) is 0 Å². The normalized spacial score (nSPS) is 15.6. The van der Waals surface area contributed by atoms with Crippen molar-refractivity contribution in [3.8, 4) is 0 Å². The Hall–Kier alpha value is -1.63. The lowest BCUT2D eigenvalue weighted by molar-refractivity contribution is -0.157. The summed E-state index contributed by atoms with van der Waals surface area (Å²) >= 11 is 0. The number of aliphatic carboxylic acids is 1. The number of amides is 2. The van der Waals surface area contributed by atoms with Crippen molar-refractivity contribution in [3.05, 3.63) is 0 Å². The van der Waals surface area contributed by atoms with Gasteiger partial charge in [-0.05, 0) is 6.42 Å². The van der Waals surface area contributed by atoms with Gasteiger partial charge in [-0.3, -0.25) is 9.59 Å². The Kier molecular flexibility index (Phi) is 5.57. The van der Waals surface area contributed by atoms with Gasteiger partial charge in [0, 0.05) is 32.8 Å². The quantitative estimate of drug-likeness (QED) is 0.525. The molecule has 0 radical (unpaired) electrons. The third kappa shape index (κ3) is 3.99. The number of ether oxygens (including phenoxy) is 1. The molecule has 102 valence electrons. The van der Waals surface area contributed by atoms with Crippen LogP contribution in [0.2, 0.25) is 0 Å². The Morgan fingerprint density at radius 3 is 2.17 bits per heavy atom. The summed E-state index contributed by atoms with van der Waals surface area (Å²) in [5, 5.41) is 8.56. The molecular weight excluding hydrogens is 240 g/mol. The molecule has 0 spiro atoms. The molecule has 1 rings (SSSR count). The van der Waals surface area contributed by atoms with E-state index >= 15 is 0 Å². The van der Waals surface area contributed by atoms with E-state index in [4.69, 9.17) is 9.84 Å². The minimum atomic E-state index is -1.46. The summed E-state index contributed by atoms with van der Waals surface area (Å²) in [6.45, 7) is 3.76. The molecule has 0 saturated carbocycles. The summed E-state index contributed by atoms with van der Waals surface area (Å²) in [6.07, 6.45) is 0.855. The van der Waals surface area contributed by atoms with E-state index in [1.807, 2.05) is 6.92 Å². The number of carboxylic acid groups (broad SMARTS) is 1. The molecule has 1 N–H and O–H groups in total. The monoisotopic (exact) mass is 258 g/mol. The topological polar surface area (TPSA) is 87.2 Å². The smallest absolute Gasteiger partial charge is 0.394 e. The largest absolute Gasteiger partial charge is 0.474 e. The van der Waals surface area contributed by atoms with E-state index < -0.39 is 11.9 Å². The molecule has 1 aliphatic rings. The van der Waals surface area contributed by atoms with E-state index in [0.717, 1.165) is 6.42 Å². The maximum absolute atomic E-state index is 11.7. The average Bonchev–Trinajstić information content (AvgIpc) is 2.38. The van der Waals surface area contributed by atoms with E-state index in [1.165, 1.54) is 4.90 Å². The van der Waals surface area contributed by atoms with Crippen molar-refractivity contribution in [2.24, 2.45) is 0 Å². The average molecular weight is 258 g/mol. The number of hydrogen-bond acceptors (Lipinski definition) is 4. The minimum absolute atomic E-state index is 0.0424. The van der Waals surface area contributed by atoms with Crippen molar-refractivity contribution in [3.63, 3.8) is 0 Å². The predicted octanol–water partition coefficient (Wildman–Crippen LogP) is -0.832. The van der Waals surface area contributed by atoms with Crippen molar-refractivity contribution in [2.75, 3.05) is 39.4 Å². The van der Waals surface area contributed by atoms with Crippen molar-refractivity contribution in [1.29, 1.82) is 0 Å². The molecule has 0 aromatic carbocycles. The zero-order valence-electron chi connectivity index (χ0n) is 10.4. The molecule has 18 heavy (non-hydrogen) atoms. The van der Waals surface area contributed by atoms with Gasteiger partial charge in [0.2, 0.25) is 5.91 Å². The van der Waals surface area contributed by atoms with Crippen LogP contribution in [0.15, 0.2) is 0 Å². The molecule has 1 saturated heterocycles. The Bertz CT molecular complexity index is 323. The van der Waals surface area contributed by atoms with E-state index in [1.54, 1.807) is 4.90 Å². The number of carbonyl (C=O) groups excluding carboxylic acids is 2. The fourth-order valence-electron chi connectivity index (χ4n) is 1.69. The van der Waals surface area contributed by atoms with Crippen LogP contribution in [0.1, 0.15) is 13.3 Å². The second-order valence-corrected chi connectivity index (χ2v) is 4.03. The third-order valence-electron chi connectivity index (χ3n) is 2.68. The van der Waals surface area contributed by atoms with Crippen LogP contribution in [0, 0.1) is 0 Å². The molecule has 1 fully saturated rings. The fourth-order valence-corrected chi connectivity index (χ4v) is 1.69. The highest BCUT2D eigenvalue weighted by Gasteiger charge is 2.27. The lowest BCUT2D eigenvalue weighted by Crippen LogP contribution is -2.52. The maximum atomic E-state index is 11.7. The molecule has 0 aliphatic carbocycles. The number of carboxylic acids is 1. The molecule has 1 aliphatic heterocycles. The fraction of sp³-hybridized carbons (Fsp3) is 0.727. The first-order valence-electron chi connectivity index (χ1n) is 5.94. The number of hydrogen-bond donors (Lipinski definition) is 1.